The van der Waals surface area contributed by atoms with Gasteiger partial charge in [-0.2, -0.15) is 0 Å². The number of nitrogens with zero attached hydrogens (tertiary/aromatic N) is 4. The predicted molar refractivity (Wildman–Crippen MR) is 85.5 cm³/mol. The molecule has 23 heavy (non-hydrogen) atoms. The zero-order valence-corrected chi connectivity index (χ0v) is 13.2. The SMILES string of the molecule is CN1CCC(N(Cc2ccc(F)cc2)C(=O)n2ccnc2)CC1. The van der Waals surface area contributed by atoms with E-state index in [1.165, 1.54) is 23.0 Å². The first-order valence-electron chi connectivity index (χ1n) is 7.85. The molecule has 0 unspecified atom stereocenters. The van der Waals surface area contributed by atoms with Gasteiger partial charge >= 0.3 is 6.03 Å². The van der Waals surface area contributed by atoms with Crippen LogP contribution in [0.4, 0.5) is 9.18 Å². The second kappa shape index (κ2) is 6.91. The standard InChI is InChI=1S/C17H21FN4O/c1-20-9-6-16(7-10-20)22(17(23)21-11-8-19-13-21)12-14-2-4-15(18)5-3-14/h2-5,8,11,13,16H,6-7,9-10,12H2,1H3. The number of likely N-dealkylation sites (tertiary alicyclic amines) is 1. The Labute approximate surface area is 135 Å². The normalized spacial score (nSPS) is 16.4. The zero-order chi connectivity index (χ0) is 16.2. The molecule has 0 saturated carbocycles. The predicted octanol–water partition coefficient (Wildman–Crippen LogP) is 2.59. The Morgan fingerprint density at radius 1 is 1.30 bits per heavy atom. The number of benzene rings is 1. The first kappa shape index (κ1) is 15.7. The van der Waals surface area contributed by atoms with E-state index < -0.39 is 0 Å². The summed E-state index contributed by atoms with van der Waals surface area (Å²) in [5.41, 5.74) is 0.929. The summed E-state index contributed by atoms with van der Waals surface area (Å²) < 4.78 is 14.6. The maximum absolute atomic E-state index is 13.1. The molecule has 5 nitrogen and oxygen atoms in total. The van der Waals surface area contributed by atoms with Crippen LogP contribution in [0.5, 0.6) is 0 Å². The van der Waals surface area contributed by atoms with Crippen molar-refractivity contribution >= 4 is 6.03 Å². The molecule has 0 spiro atoms. The van der Waals surface area contributed by atoms with Crippen molar-refractivity contribution in [3.8, 4) is 0 Å². The van der Waals surface area contributed by atoms with E-state index in [2.05, 4.69) is 16.9 Å². The van der Waals surface area contributed by atoms with Crippen LogP contribution in [-0.4, -0.2) is 51.6 Å². The Hall–Kier alpha value is -2.21. The van der Waals surface area contributed by atoms with Crippen molar-refractivity contribution in [2.75, 3.05) is 20.1 Å². The largest absolute Gasteiger partial charge is 0.329 e. The molecule has 0 bridgehead atoms. The van der Waals surface area contributed by atoms with E-state index >= 15 is 0 Å². The first-order chi connectivity index (χ1) is 11.1. The van der Waals surface area contributed by atoms with E-state index in [4.69, 9.17) is 0 Å². The lowest BCUT2D eigenvalue weighted by Gasteiger charge is -2.37. The lowest BCUT2D eigenvalue weighted by atomic mass is 10.0. The number of rotatable bonds is 3. The van der Waals surface area contributed by atoms with Crippen molar-refractivity contribution in [1.82, 2.24) is 19.4 Å². The van der Waals surface area contributed by atoms with Crippen LogP contribution in [0.1, 0.15) is 18.4 Å². The van der Waals surface area contributed by atoms with Gasteiger partial charge in [0.05, 0.1) is 0 Å². The van der Waals surface area contributed by atoms with Crippen LogP contribution in [0.3, 0.4) is 0 Å². The van der Waals surface area contributed by atoms with Crippen LogP contribution < -0.4 is 0 Å². The minimum absolute atomic E-state index is 0.0821. The summed E-state index contributed by atoms with van der Waals surface area (Å²) in [4.78, 5) is 20.9. The maximum atomic E-state index is 13.1. The quantitative estimate of drug-likeness (QED) is 0.874. The summed E-state index contributed by atoms with van der Waals surface area (Å²) in [5.74, 6) is -0.263. The number of piperidine rings is 1. The summed E-state index contributed by atoms with van der Waals surface area (Å²) in [6, 6.07) is 6.44. The number of carbonyl (C=O) groups is 1. The van der Waals surface area contributed by atoms with E-state index in [0.29, 0.717) is 6.54 Å². The van der Waals surface area contributed by atoms with Gasteiger partial charge in [0, 0.05) is 25.0 Å². The van der Waals surface area contributed by atoms with Gasteiger partial charge in [0.1, 0.15) is 12.1 Å². The average molecular weight is 316 g/mol. The van der Waals surface area contributed by atoms with Gasteiger partial charge in [0.15, 0.2) is 0 Å². The van der Waals surface area contributed by atoms with Crippen molar-refractivity contribution < 1.29 is 9.18 Å². The molecule has 122 valence electrons. The molecule has 3 rings (SSSR count). The minimum atomic E-state index is -0.263. The topological polar surface area (TPSA) is 41.4 Å². The van der Waals surface area contributed by atoms with Crippen LogP contribution in [-0.2, 0) is 6.54 Å². The number of imidazole rings is 1. The fourth-order valence-electron chi connectivity index (χ4n) is 2.97. The Balaban J connectivity index is 1.80. The summed E-state index contributed by atoms with van der Waals surface area (Å²) in [6.45, 7) is 2.43. The molecule has 1 aromatic carbocycles. The van der Waals surface area contributed by atoms with Crippen LogP contribution in [0.15, 0.2) is 43.0 Å². The molecule has 2 heterocycles. The zero-order valence-electron chi connectivity index (χ0n) is 13.2. The molecule has 1 amide bonds. The third-order valence-electron chi connectivity index (χ3n) is 4.37. The highest BCUT2D eigenvalue weighted by molar-refractivity contribution is 5.77. The second-order valence-corrected chi connectivity index (χ2v) is 6.04. The molecular formula is C17H21FN4O. The smallest absolute Gasteiger partial charge is 0.317 e. The molecule has 1 aliphatic rings. The third-order valence-corrected chi connectivity index (χ3v) is 4.37. The fraction of sp³-hybridized carbons (Fsp3) is 0.412. The molecule has 2 aromatic rings. The summed E-state index contributed by atoms with van der Waals surface area (Å²) >= 11 is 0. The monoisotopic (exact) mass is 316 g/mol. The molecule has 0 N–H and O–H groups in total. The number of amides is 1. The summed E-state index contributed by atoms with van der Waals surface area (Å²) in [5, 5.41) is 0. The second-order valence-electron chi connectivity index (χ2n) is 6.04. The van der Waals surface area contributed by atoms with Crippen molar-refractivity contribution in [2.24, 2.45) is 0 Å². The van der Waals surface area contributed by atoms with Crippen molar-refractivity contribution in [2.45, 2.75) is 25.4 Å². The van der Waals surface area contributed by atoms with Gasteiger partial charge in [-0.1, -0.05) is 12.1 Å². The van der Waals surface area contributed by atoms with Crippen LogP contribution in [0.2, 0.25) is 0 Å². The Kier molecular flexibility index (Phi) is 4.71. The lowest BCUT2D eigenvalue weighted by Crippen LogP contribution is -2.47. The minimum Gasteiger partial charge on any atom is -0.317 e. The molecule has 6 heteroatoms. The Morgan fingerprint density at radius 3 is 2.61 bits per heavy atom. The summed E-state index contributed by atoms with van der Waals surface area (Å²) in [6.07, 6.45) is 6.67. The van der Waals surface area contributed by atoms with Gasteiger partial charge < -0.3 is 9.80 Å². The molecule has 1 aliphatic heterocycles. The molecule has 1 saturated heterocycles. The number of hydrogen-bond donors (Lipinski definition) is 0. The van der Waals surface area contributed by atoms with Gasteiger partial charge in [0.25, 0.3) is 0 Å². The highest BCUT2D eigenvalue weighted by atomic mass is 19.1. The third kappa shape index (κ3) is 3.76. The molecule has 1 fully saturated rings. The van der Waals surface area contributed by atoms with E-state index in [0.717, 1.165) is 31.5 Å². The molecule has 0 aliphatic carbocycles. The van der Waals surface area contributed by atoms with Gasteiger partial charge in [-0.15, -0.1) is 0 Å². The van der Waals surface area contributed by atoms with Crippen molar-refractivity contribution in [3.05, 3.63) is 54.4 Å². The van der Waals surface area contributed by atoms with E-state index in [1.54, 1.807) is 24.5 Å². The lowest BCUT2D eigenvalue weighted by molar-refractivity contribution is 0.128. The molecule has 0 radical (unpaired) electrons. The van der Waals surface area contributed by atoms with Gasteiger partial charge in [-0.05, 0) is 50.7 Å². The Morgan fingerprint density at radius 2 is 2.00 bits per heavy atom. The number of hydrogen-bond acceptors (Lipinski definition) is 3. The molecule has 0 atom stereocenters. The van der Waals surface area contributed by atoms with Gasteiger partial charge in [0.2, 0.25) is 0 Å². The van der Waals surface area contributed by atoms with Gasteiger partial charge in [-0.25, -0.2) is 14.2 Å². The maximum Gasteiger partial charge on any atom is 0.329 e. The van der Waals surface area contributed by atoms with Crippen LogP contribution in [0.25, 0.3) is 0 Å². The highest BCUT2D eigenvalue weighted by Crippen LogP contribution is 2.20. The van der Waals surface area contributed by atoms with E-state index in [-0.39, 0.29) is 17.9 Å². The summed E-state index contributed by atoms with van der Waals surface area (Å²) in [7, 11) is 2.10. The van der Waals surface area contributed by atoms with Gasteiger partial charge in [-0.3, -0.25) is 4.57 Å². The number of carbonyl (C=O) groups excluding carboxylic acids is 1. The molecular weight excluding hydrogens is 295 g/mol. The number of aromatic nitrogens is 2. The Bertz CT molecular complexity index is 633. The first-order valence-corrected chi connectivity index (χ1v) is 7.85. The molecule has 1 aromatic heterocycles. The highest BCUT2D eigenvalue weighted by Gasteiger charge is 2.27. The average Bonchev–Trinajstić information content (AvgIpc) is 3.09. The van der Waals surface area contributed by atoms with E-state index in [9.17, 15) is 9.18 Å². The number of halogens is 1. The van der Waals surface area contributed by atoms with E-state index in [1.807, 2.05) is 4.90 Å². The van der Waals surface area contributed by atoms with Crippen molar-refractivity contribution in [1.29, 1.82) is 0 Å². The van der Waals surface area contributed by atoms with Crippen LogP contribution >= 0.6 is 0 Å². The van der Waals surface area contributed by atoms with Crippen molar-refractivity contribution in [3.63, 3.8) is 0 Å². The van der Waals surface area contributed by atoms with Crippen LogP contribution in [0, 0.1) is 5.82 Å². The fourth-order valence-corrected chi connectivity index (χ4v) is 2.97.